The number of hydrogen-bond donors (Lipinski definition) is 4. The van der Waals surface area contributed by atoms with E-state index in [9.17, 15) is 19.5 Å². The fraction of sp³-hybridized carbons (Fsp3) is 0.700. The first kappa shape index (κ1) is 20.6. The quantitative estimate of drug-likeness (QED) is 0.260. The summed E-state index contributed by atoms with van der Waals surface area (Å²) in [6, 6.07) is 0. The van der Waals surface area contributed by atoms with Crippen LogP contribution in [0.3, 0.4) is 0 Å². The van der Waals surface area contributed by atoms with Gasteiger partial charge in [-0.1, -0.05) is 6.92 Å². The number of carboxylic acids is 2. The third-order valence-electron chi connectivity index (χ3n) is 2.21. The predicted molar refractivity (Wildman–Crippen MR) is 59.7 cm³/mol. The van der Waals surface area contributed by atoms with E-state index < -0.39 is 36.4 Å². The summed E-state index contributed by atoms with van der Waals surface area (Å²) < 4.78 is 4.69. The summed E-state index contributed by atoms with van der Waals surface area (Å²) >= 11 is 0. The molecule has 0 radical (unpaired) electrons. The number of nitrogens with two attached hydrogens (primary N) is 1. The normalized spacial score (nSPS) is 14.7. The Bertz CT molecular complexity index is 342. The number of ether oxygens (including phenoxy) is 1. The molecule has 2 atom stereocenters. The van der Waals surface area contributed by atoms with Crippen molar-refractivity contribution >= 4 is 17.9 Å². The van der Waals surface area contributed by atoms with E-state index in [-0.39, 0.29) is 50.1 Å². The van der Waals surface area contributed by atoms with Crippen molar-refractivity contribution in [2.75, 3.05) is 13.2 Å². The Kier molecular flexibility index (Phi) is 10.1. The molecule has 0 spiro atoms. The maximum atomic E-state index is 11.3. The zero-order chi connectivity index (χ0) is 14.3. The predicted octanol–water partition coefficient (Wildman–Crippen LogP) is -4.08. The zero-order valence-corrected chi connectivity index (χ0v) is 13.0. The van der Waals surface area contributed by atoms with Crippen LogP contribution < -0.4 is 35.3 Å². The van der Waals surface area contributed by atoms with Crippen molar-refractivity contribution < 1.29 is 65.4 Å². The molecule has 0 aliphatic rings. The molecule has 0 aromatic heterocycles. The van der Waals surface area contributed by atoms with E-state index in [2.05, 4.69) is 4.74 Å². The average molecular weight is 287 g/mol. The second-order valence-electron chi connectivity index (χ2n) is 4.11. The molecule has 0 aromatic rings. The van der Waals surface area contributed by atoms with Gasteiger partial charge in [0.2, 0.25) is 0 Å². The molecule has 0 bridgehead atoms. The van der Waals surface area contributed by atoms with Gasteiger partial charge < -0.3 is 27.2 Å². The number of hydrogen-bond acceptors (Lipinski definition) is 6. The molecule has 8 nitrogen and oxygen atoms in total. The van der Waals surface area contributed by atoms with E-state index in [4.69, 9.17) is 15.9 Å². The van der Waals surface area contributed by atoms with Gasteiger partial charge in [0, 0.05) is 5.92 Å². The van der Waals surface area contributed by atoms with Gasteiger partial charge in [0.15, 0.2) is 5.60 Å². The topological polar surface area (TPSA) is 147 Å². The summed E-state index contributed by atoms with van der Waals surface area (Å²) in [5, 5.41) is 26.7. The minimum Gasteiger partial charge on any atom is -1.00 e. The Morgan fingerprint density at radius 1 is 1.32 bits per heavy atom. The van der Waals surface area contributed by atoms with Gasteiger partial charge in [0.25, 0.3) is 0 Å². The summed E-state index contributed by atoms with van der Waals surface area (Å²) in [4.78, 5) is 32.5. The molecule has 19 heavy (non-hydrogen) atoms. The van der Waals surface area contributed by atoms with Gasteiger partial charge in [-0.2, -0.15) is 0 Å². The zero-order valence-electron chi connectivity index (χ0n) is 12.0. The molecule has 0 aromatic carbocycles. The number of rotatable bonds is 8. The van der Waals surface area contributed by atoms with Crippen LogP contribution in [0.4, 0.5) is 0 Å². The Morgan fingerprint density at radius 3 is 2.21 bits per heavy atom. The van der Waals surface area contributed by atoms with Crippen LogP contribution >= 0.6 is 0 Å². The number of esters is 1. The monoisotopic (exact) mass is 287 g/mol. The van der Waals surface area contributed by atoms with Crippen LogP contribution in [0.1, 0.15) is 21.2 Å². The van der Waals surface area contributed by atoms with Crippen molar-refractivity contribution in [3.05, 3.63) is 0 Å². The van der Waals surface area contributed by atoms with Gasteiger partial charge in [-0.3, -0.25) is 9.59 Å². The van der Waals surface area contributed by atoms with Crippen molar-refractivity contribution in [2.24, 2.45) is 11.7 Å². The second kappa shape index (κ2) is 9.27. The van der Waals surface area contributed by atoms with E-state index in [1.54, 1.807) is 6.92 Å². The first-order valence-electron chi connectivity index (χ1n) is 5.24. The number of carbonyl (C=O) groups excluding carboxylic acids is 1. The van der Waals surface area contributed by atoms with Gasteiger partial charge in [-0.15, -0.1) is 0 Å². The fourth-order valence-corrected chi connectivity index (χ4v) is 1.06. The van der Waals surface area contributed by atoms with Gasteiger partial charge in [0.1, 0.15) is 0 Å². The molecule has 0 aliphatic heterocycles. The van der Waals surface area contributed by atoms with E-state index in [1.807, 2.05) is 0 Å². The Hall–Kier alpha value is -0.670. The van der Waals surface area contributed by atoms with Crippen LogP contribution in [0.25, 0.3) is 0 Å². The standard InChI is InChI=1S/C10H17NO7.Na.H/c1-6(4-11)5-18-8(14)3-10(17,9(15)16)2-7(12)13;;/h6,17H,2-5,11H2,1H3,(H,12,13)(H,15,16);;/q;+1;-1. The molecular weight excluding hydrogens is 269 g/mol. The van der Waals surface area contributed by atoms with E-state index in [1.165, 1.54) is 0 Å². The molecule has 0 aliphatic carbocycles. The Balaban J connectivity index is -0.00000144. The Labute approximate surface area is 133 Å². The fourth-order valence-electron chi connectivity index (χ4n) is 1.06. The SMILES string of the molecule is CC(CN)COC(=O)CC(O)(CC(=O)O)C(=O)O.[H-].[Na+]. The average Bonchev–Trinajstić information content (AvgIpc) is 2.24. The van der Waals surface area contributed by atoms with Crippen molar-refractivity contribution in [1.82, 2.24) is 0 Å². The number of carboxylic acid groups (broad SMARTS) is 2. The summed E-state index contributed by atoms with van der Waals surface area (Å²) in [7, 11) is 0. The van der Waals surface area contributed by atoms with Gasteiger partial charge in [-0.25, -0.2) is 4.79 Å². The molecule has 0 saturated heterocycles. The van der Waals surface area contributed by atoms with E-state index in [0.717, 1.165) is 0 Å². The third-order valence-corrected chi connectivity index (χ3v) is 2.21. The maximum Gasteiger partial charge on any atom is 1.00 e. The molecule has 5 N–H and O–H groups in total. The molecule has 106 valence electrons. The van der Waals surface area contributed by atoms with E-state index in [0.29, 0.717) is 0 Å². The number of aliphatic carboxylic acids is 2. The van der Waals surface area contributed by atoms with Crippen LogP contribution in [0, 0.1) is 5.92 Å². The van der Waals surface area contributed by atoms with Crippen LogP contribution in [0.15, 0.2) is 0 Å². The van der Waals surface area contributed by atoms with Gasteiger partial charge >= 0.3 is 47.5 Å². The van der Waals surface area contributed by atoms with Gasteiger partial charge in [-0.05, 0) is 6.54 Å². The van der Waals surface area contributed by atoms with Gasteiger partial charge in [0.05, 0.1) is 19.4 Å². The van der Waals surface area contributed by atoms with Crippen LogP contribution in [0.5, 0.6) is 0 Å². The van der Waals surface area contributed by atoms with Crippen molar-refractivity contribution in [1.29, 1.82) is 0 Å². The molecule has 0 fully saturated rings. The molecule has 2 unspecified atom stereocenters. The smallest absolute Gasteiger partial charge is 1.00 e. The van der Waals surface area contributed by atoms with Crippen molar-refractivity contribution in [3.8, 4) is 0 Å². The second-order valence-corrected chi connectivity index (χ2v) is 4.11. The molecule has 0 heterocycles. The molecule has 0 rings (SSSR count). The van der Waals surface area contributed by atoms with Crippen molar-refractivity contribution in [2.45, 2.75) is 25.4 Å². The largest absolute Gasteiger partial charge is 1.00 e. The molecule has 0 saturated carbocycles. The van der Waals surface area contributed by atoms with Crippen molar-refractivity contribution in [3.63, 3.8) is 0 Å². The minimum absolute atomic E-state index is 0. The molecular formula is C10H18NNaO7. The first-order chi connectivity index (χ1) is 8.21. The van der Waals surface area contributed by atoms with Crippen LogP contribution in [0.2, 0.25) is 0 Å². The molecule has 0 amide bonds. The maximum absolute atomic E-state index is 11.3. The van der Waals surface area contributed by atoms with E-state index >= 15 is 0 Å². The van der Waals surface area contributed by atoms with Crippen LogP contribution in [-0.2, 0) is 19.1 Å². The number of aliphatic hydroxyl groups is 1. The van der Waals surface area contributed by atoms with Crippen LogP contribution in [-0.4, -0.2) is 52.0 Å². The summed E-state index contributed by atoms with van der Waals surface area (Å²) in [6.07, 6.45) is -2.00. The molecule has 9 heteroatoms. The minimum atomic E-state index is -2.66. The summed E-state index contributed by atoms with van der Waals surface area (Å²) in [5.74, 6) is -4.40. The number of carbonyl (C=O) groups is 3. The third kappa shape index (κ3) is 8.17. The Morgan fingerprint density at radius 2 is 1.84 bits per heavy atom. The summed E-state index contributed by atoms with van der Waals surface area (Å²) in [6.45, 7) is 1.98. The first-order valence-corrected chi connectivity index (χ1v) is 5.24. The summed E-state index contributed by atoms with van der Waals surface area (Å²) in [5.41, 5.74) is 2.63.